The average molecular weight is 430 g/mol. The zero-order chi connectivity index (χ0) is 20.8. The maximum atomic E-state index is 5.78. The summed E-state index contributed by atoms with van der Waals surface area (Å²) in [5.74, 6) is 0. The summed E-state index contributed by atoms with van der Waals surface area (Å²) in [6.07, 6.45) is 0. The molecule has 2 fully saturated rings. The smallest absolute Gasteiger partial charge is 0.999 e. The van der Waals surface area contributed by atoms with Crippen LogP contribution in [0.4, 0.5) is 0 Å². The molecule has 0 spiro atoms. The summed E-state index contributed by atoms with van der Waals surface area (Å²) in [6, 6.07) is 22.3. The van der Waals surface area contributed by atoms with Crippen LogP contribution >= 0.6 is 0 Å². The first-order valence-corrected chi connectivity index (χ1v) is 9.34. The molecule has 7 heteroatoms. The van der Waals surface area contributed by atoms with Crippen molar-refractivity contribution in [1.29, 1.82) is 0 Å². The van der Waals surface area contributed by atoms with Gasteiger partial charge in [0, 0.05) is 0 Å². The first-order valence-electron chi connectivity index (χ1n) is 9.34. The molecule has 2 aromatic rings. The van der Waals surface area contributed by atoms with E-state index in [0.29, 0.717) is 0 Å². The normalized spacial score (nSPS) is 23.3. The van der Waals surface area contributed by atoms with Gasteiger partial charge in [-0.05, 0) is 55.4 Å². The molecule has 2 saturated heterocycles. The van der Waals surface area contributed by atoms with Gasteiger partial charge in [-0.1, -0.05) is 0 Å². The second-order valence-electron chi connectivity index (χ2n) is 9.00. The molecule has 0 N–H and O–H groups in total. The summed E-state index contributed by atoms with van der Waals surface area (Å²) < 4.78 is 23.1. The topological polar surface area (TPSA) is 36.9 Å². The Morgan fingerprint density at radius 2 is 0.690 bits per heavy atom. The fourth-order valence-corrected chi connectivity index (χ4v) is 2.61. The van der Waals surface area contributed by atoms with E-state index >= 15 is 0 Å². The minimum Gasteiger partial charge on any atom is -0.999 e. The van der Waals surface area contributed by atoms with Crippen LogP contribution in [0.3, 0.4) is 0 Å². The summed E-state index contributed by atoms with van der Waals surface area (Å²) >= 11 is 0. The molecule has 0 aromatic heterocycles. The predicted molar refractivity (Wildman–Crippen MR) is 106 cm³/mol. The van der Waals surface area contributed by atoms with Crippen LogP contribution in [0.2, 0.25) is 0 Å². The van der Waals surface area contributed by atoms with Gasteiger partial charge in [-0.3, -0.25) is 0 Å². The molecule has 158 valence electrons. The standard InChI is InChI=1S/2C11H12BO2.Fe/c2*1-10(2)11(3,4)14-12(13-10)9-7-5-6-8-9;/h2*1-4H3;/q2*-5;+2. The zero-order valence-corrected chi connectivity index (χ0v) is 19.2. The summed E-state index contributed by atoms with van der Waals surface area (Å²) in [7, 11) is -0.773. The van der Waals surface area contributed by atoms with E-state index < -0.39 is 0 Å². The Morgan fingerprint density at radius 1 is 0.483 bits per heavy atom. The SMILES string of the molecule is CC1(C)OB([c-]2[c-][c-][c-][c-]2)OC1(C)C.CC1(C)OB([c-]2[c-][c-][c-][c-]2)OC1(C)C.[Fe+2]. The molecule has 2 aliphatic heterocycles. The van der Waals surface area contributed by atoms with Crippen molar-refractivity contribution in [3.8, 4) is 0 Å². The van der Waals surface area contributed by atoms with Crippen LogP contribution in [0.1, 0.15) is 55.4 Å². The van der Waals surface area contributed by atoms with E-state index in [4.69, 9.17) is 18.6 Å². The van der Waals surface area contributed by atoms with Crippen LogP contribution in [0, 0.1) is 48.5 Å². The van der Waals surface area contributed by atoms with E-state index in [0.717, 1.165) is 10.9 Å². The predicted octanol–water partition coefficient (Wildman–Crippen LogP) is 1.81. The van der Waals surface area contributed by atoms with Gasteiger partial charge in [0.2, 0.25) is 14.2 Å². The van der Waals surface area contributed by atoms with Gasteiger partial charge in [0.15, 0.2) is 0 Å². The van der Waals surface area contributed by atoms with E-state index in [1.165, 1.54) is 0 Å². The Kier molecular flexibility index (Phi) is 7.06. The third-order valence-electron chi connectivity index (χ3n) is 5.89. The molecular formula is C22H24B2FeO4-8. The van der Waals surface area contributed by atoms with Gasteiger partial charge < -0.3 is 78.1 Å². The molecule has 0 radical (unpaired) electrons. The molecule has 0 aliphatic carbocycles. The van der Waals surface area contributed by atoms with Crippen molar-refractivity contribution in [3.05, 3.63) is 48.5 Å². The molecule has 0 unspecified atom stereocenters. The number of hydrogen-bond acceptors (Lipinski definition) is 4. The number of hydrogen-bond donors (Lipinski definition) is 0. The first-order chi connectivity index (χ1) is 12.8. The maximum Gasteiger partial charge on any atom is 2.00 e. The number of rotatable bonds is 2. The average Bonchev–Trinajstić information content (AvgIpc) is 3.31. The zero-order valence-electron chi connectivity index (χ0n) is 18.1. The Bertz CT molecular complexity index is 669. The van der Waals surface area contributed by atoms with Gasteiger partial charge in [-0.15, -0.1) is 0 Å². The van der Waals surface area contributed by atoms with Gasteiger partial charge in [-0.2, -0.15) is 0 Å². The largest absolute Gasteiger partial charge is 2.00 e. The third kappa shape index (κ3) is 4.92. The van der Waals surface area contributed by atoms with E-state index in [1.807, 2.05) is 55.4 Å². The summed E-state index contributed by atoms with van der Waals surface area (Å²) in [5.41, 5.74) is 0.243. The van der Waals surface area contributed by atoms with Gasteiger partial charge in [-0.25, -0.2) is 0 Å². The first kappa shape index (κ1) is 24.5. The minimum absolute atomic E-state index is 0. The summed E-state index contributed by atoms with van der Waals surface area (Å²) in [5, 5.41) is 0. The van der Waals surface area contributed by atoms with Crippen molar-refractivity contribution in [2.75, 3.05) is 0 Å². The summed E-state index contributed by atoms with van der Waals surface area (Å²) in [6.45, 7) is 16.1. The molecular weight excluding hydrogens is 406 g/mol. The molecule has 2 heterocycles. The van der Waals surface area contributed by atoms with Crippen molar-refractivity contribution in [2.24, 2.45) is 0 Å². The summed E-state index contributed by atoms with van der Waals surface area (Å²) in [4.78, 5) is 0. The Morgan fingerprint density at radius 3 is 0.897 bits per heavy atom. The van der Waals surface area contributed by atoms with Crippen molar-refractivity contribution in [1.82, 2.24) is 0 Å². The van der Waals surface area contributed by atoms with E-state index in [-0.39, 0.29) is 53.7 Å². The maximum absolute atomic E-state index is 5.78. The van der Waals surface area contributed by atoms with E-state index in [2.05, 4.69) is 48.5 Å². The monoisotopic (exact) mass is 430 g/mol. The third-order valence-corrected chi connectivity index (χ3v) is 5.89. The molecule has 2 aliphatic rings. The van der Waals surface area contributed by atoms with Crippen LogP contribution in [0.25, 0.3) is 0 Å². The van der Waals surface area contributed by atoms with Crippen LogP contribution in [0.15, 0.2) is 0 Å². The van der Waals surface area contributed by atoms with Crippen LogP contribution in [-0.2, 0) is 35.7 Å². The minimum atomic E-state index is -0.387. The molecule has 0 bridgehead atoms. The molecule has 0 atom stereocenters. The van der Waals surface area contributed by atoms with Gasteiger partial charge in [0.25, 0.3) is 0 Å². The molecule has 4 rings (SSSR count). The molecule has 2 aromatic carbocycles. The van der Waals surface area contributed by atoms with Gasteiger partial charge >= 0.3 is 17.1 Å². The fourth-order valence-electron chi connectivity index (χ4n) is 2.61. The van der Waals surface area contributed by atoms with Gasteiger partial charge in [0.05, 0.1) is 22.4 Å². The van der Waals surface area contributed by atoms with E-state index in [9.17, 15) is 0 Å². The molecule has 0 amide bonds. The fraction of sp³-hybridized carbons (Fsp3) is 0.545. The van der Waals surface area contributed by atoms with Crippen molar-refractivity contribution >= 4 is 25.2 Å². The van der Waals surface area contributed by atoms with Crippen molar-refractivity contribution < 1.29 is 35.7 Å². The quantitative estimate of drug-likeness (QED) is 0.539. The van der Waals surface area contributed by atoms with Crippen molar-refractivity contribution in [2.45, 2.75) is 77.8 Å². The Balaban J connectivity index is 0.000000200. The van der Waals surface area contributed by atoms with Crippen LogP contribution in [-0.4, -0.2) is 36.6 Å². The Hall–Kier alpha value is -0.811. The van der Waals surface area contributed by atoms with Crippen LogP contribution < -0.4 is 10.9 Å². The molecule has 0 saturated carbocycles. The molecule has 4 nitrogen and oxygen atoms in total. The van der Waals surface area contributed by atoms with E-state index in [1.54, 1.807) is 0 Å². The second-order valence-corrected chi connectivity index (χ2v) is 9.00. The molecule has 29 heavy (non-hydrogen) atoms. The van der Waals surface area contributed by atoms with Crippen molar-refractivity contribution in [3.63, 3.8) is 0 Å². The second kappa shape index (κ2) is 8.37. The van der Waals surface area contributed by atoms with Crippen LogP contribution in [0.5, 0.6) is 0 Å². The van der Waals surface area contributed by atoms with Gasteiger partial charge in [0.1, 0.15) is 0 Å². The Labute approximate surface area is 187 Å².